The number of nitrogens with one attached hydrogen (secondary N) is 2. The van der Waals surface area contributed by atoms with E-state index in [1.807, 2.05) is 17.7 Å². The molecular weight excluding hydrogens is 396 g/mol. The van der Waals surface area contributed by atoms with Gasteiger partial charge in [0, 0.05) is 13.1 Å². The highest BCUT2D eigenvalue weighted by Gasteiger charge is 2.30. The average molecular weight is 427 g/mol. The largest absolute Gasteiger partial charge is 0.378 e. The van der Waals surface area contributed by atoms with Gasteiger partial charge in [-0.3, -0.25) is 4.90 Å². The van der Waals surface area contributed by atoms with Gasteiger partial charge < -0.3 is 14.5 Å². The van der Waals surface area contributed by atoms with Crippen molar-refractivity contribution in [3.63, 3.8) is 0 Å². The fraction of sp³-hybridized carbons (Fsp3) is 0.591. The molecule has 2 N–H and O–H groups in total. The number of thiophene rings is 1. The van der Waals surface area contributed by atoms with Crippen molar-refractivity contribution in [2.75, 3.05) is 69.3 Å². The maximum atomic E-state index is 5.60. The predicted molar refractivity (Wildman–Crippen MR) is 120 cm³/mol. The molecule has 0 bridgehead atoms. The summed E-state index contributed by atoms with van der Waals surface area (Å²) < 4.78 is 6.87. The van der Waals surface area contributed by atoms with Crippen molar-refractivity contribution < 1.29 is 14.6 Å². The molecule has 1 aliphatic carbocycles. The molecule has 0 unspecified atom stereocenters. The number of pyridine rings is 1. The molecule has 158 valence electrons. The van der Waals surface area contributed by atoms with E-state index in [4.69, 9.17) is 14.7 Å². The maximum absolute atomic E-state index is 5.60. The molecule has 3 aliphatic rings. The number of ether oxygens (including phenoxy) is 1. The summed E-state index contributed by atoms with van der Waals surface area (Å²) in [4.78, 5) is 21.3. The van der Waals surface area contributed by atoms with Gasteiger partial charge in [-0.1, -0.05) is 0 Å². The van der Waals surface area contributed by atoms with Crippen LogP contribution in [0, 0.1) is 0 Å². The molecule has 30 heavy (non-hydrogen) atoms. The van der Waals surface area contributed by atoms with Crippen LogP contribution in [0.1, 0.15) is 24.0 Å². The zero-order valence-corrected chi connectivity index (χ0v) is 18.5. The van der Waals surface area contributed by atoms with Crippen molar-refractivity contribution >= 4 is 43.4 Å². The van der Waals surface area contributed by atoms with Crippen molar-refractivity contribution in [3.05, 3.63) is 17.5 Å². The first kappa shape index (κ1) is 18.7. The molecule has 0 amide bonds. The molecule has 0 aromatic carbocycles. The van der Waals surface area contributed by atoms with Crippen LogP contribution >= 0.6 is 11.3 Å². The van der Waals surface area contributed by atoms with Crippen LogP contribution in [0.5, 0.6) is 0 Å². The number of nitrogens with zero attached hydrogens (tertiary/aromatic N) is 4. The van der Waals surface area contributed by atoms with Crippen LogP contribution in [-0.2, 0) is 17.6 Å². The average Bonchev–Trinajstić information content (AvgIpc) is 3.19. The Kier molecular flexibility index (Phi) is 4.73. The number of fused-ring (bicyclic) bond motifs is 5. The SMILES string of the molecule is C[NH+]1CCN(c2[nH+]cnc3c2sc2nc(N4CCOCC4)c4c(c23)CCCC4)CC1. The molecule has 2 saturated heterocycles. The predicted octanol–water partition coefficient (Wildman–Crippen LogP) is 0.709. The zero-order chi connectivity index (χ0) is 20.1. The smallest absolute Gasteiger partial charge is 0.243 e. The summed E-state index contributed by atoms with van der Waals surface area (Å²) in [6.07, 6.45) is 6.69. The molecule has 3 aromatic heterocycles. The highest BCUT2D eigenvalue weighted by molar-refractivity contribution is 7.26. The number of rotatable bonds is 2. The molecule has 7 nitrogen and oxygen atoms in total. The Morgan fingerprint density at radius 1 is 1.03 bits per heavy atom. The molecule has 3 aromatic rings. The minimum Gasteiger partial charge on any atom is -0.378 e. The van der Waals surface area contributed by atoms with Gasteiger partial charge in [-0.25, -0.2) is 9.97 Å². The molecular formula is C22H30N6OS+2. The lowest BCUT2D eigenvalue weighted by atomic mass is 9.90. The van der Waals surface area contributed by atoms with E-state index >= 15 is 0 Å². The third kappa shape index (κ3) is 3.04. The quantitative estimate of drug-likeness (QED) is 0.654. The topological polar surface area (TPSA) is 60.1 Å². The van der Waals surface area contributed by atoms with Crippen LogP contribution in [0.15, 0.2) is 6.33 Å². The second-order valence-corrected chi connectivity index (χ2v) is 9.85. The number of morpholine rings is 1. The van der Waals surface area contributed by atoms with Gasteiger partial charge in [0.15, 0.2) is 5.52 Å². The number of hydrogen-bond donors (Lipinski definition) is 1. The first-order chi connectivity index (χ1) is 14.8. The molecule has 0 saturated carbocycles. The fourth-order valence-corrected chi connectivity index (χ4v) is 6.43. The van der Waals surface area contributed by atoms with Crippen LogP contribution in [0.2, 0.25) is 0 Å². The van der Waals surface area contributed by atoms with E-state index < -0.39 is 0 Å². The number of aryl methyl sites for hydroxylation is 1. The Morgan fingerprint density at radius 2 is 1.80 bits per heavy atom. The fourth-order valence-electron chi connectivity index (χ4n) is 5.24. The van der Waals surface area contributed by atoms with E-state index in [2.05, 4.69) is 21.8 Å². The van der Waals surface area contributed by atoms with E-state index in [0.717, 1.165) is 62.6 Å². The molecule has 2 aliphatic heterocycles. The van der Waals surface area contributed by atoms with Crippen molar-refractivity contribution in [3.8, 4) is 0 Å². The number of anilines is 2. The van der Waals surface area contributed by atoms with Crippen LogP contribution < -0.4 is 19.7 Å². The number of piperazine rings is 1. The summed E-state index contributed by atoms with van der Waals surface area (Å²) in [5.41, 5.74) is 4.12. The van der Waals surface area contributed by atoms with Crippen molar-refractivity contribution in [1.82, 2.24) is 9.97 Å². The van der Waals surface area contributed by atoms with Gasteiger partial charge in [0.05, 0.1) is 25.6 Å². The van der Waals surface area contributed by atoms with Gasteiger partial charge in [0.1, 0.15) is 41.5 Å². The lowest BCUT2D eigenvalue weighted by molar-refractivity contribution is -0.880. The number of aromatic amines is 1. The van der Waals surface area contributed by atoms with Crippen molar-refractivity contribution in [2.45, 2.75) is 25.7 Å². The molecule has 0 atom stereocenters. The van der Waals surface area contributed by atoms with Gasteiger partial charge in [0.25, 0.3) is 0 Å². The van der Waals surface area contributed by atoms with Crippen LogP contribution in [0.25, 0.3) is 20.4 Å². The van der Waals surface area contributed by atoms with Gasteiger partial charge in [0.2, 0.25) is 12.1 Å². The van der Waals surface area contributed by atoms with Gasteiger partial charge >= 0.3 is 0 Å². The third-order valence-corrected chi connectivity index (χ3v) is 8.04. The highest BCUT2D eigenvalue weighted by Crippen LogP contribution is 2.42. The Balaban J connectivity index is 1.53. The molecule has 0 radical (unpaired) electrons. The summed E-state index contributed by atoms with van der Waals surface area (Å²) >= 11 is 1.82. The van der Waals surface area contributed by atoms with Gasteiger partial charge in [-0.05, 0) is 36.8 Å². The standard InChI is InChI=1S/C22H28N6OS/c1-26-6-8-27(9-7-26)21-19-18(23-14-24-21)17-15-4-2-3-5-16(15)20(25-22(17)30-19)28-10-12-29-13-11-28/h14H,2-13H2,1H3/p+2. The Labute approximate surface area is 180 Å². The van der Waals surface area contributed by atoms with Crippen LogP contribution in [0.4, 0.5) is 11.6 Å². The number of H-pyrrole nitrogens is 1. The van der Waals surface area contributed by atoms with E-state index in [-0.39, 0.29) is 0 Å². The van der Waals surface area contributed by atoms with E-state index in [9.17, 15) is 0 Å². The second kappa shape index (κ2) is 7.59. The number of likely N-dealkylation sites (N-methyl/N-ethyl adjacent to an activating group) is 1. The normalized spacial score (nSPS) is 20.8. The number of quaternary nitrogens is 1. The van der Waals surface area contributed by atoms with E-state index in [0.29, 0.717) is 0 Å². The summed E-state index contributed by atoms with van der Waals surface area (Å²) in [6, 6.07) is 0. The second-order valence-electron chi connectivity index (χ2n) is 8.85. The van der Waals surface area contributed by atoms with Crippen molar-refractivity contribution in [1.29, 1.82) is 0 Å². The third-order valence-electron chi connectivity index (χ3n) is 6.97. The van der Waals surface area contributed by atoms with E-state index in [1.54, 1.807) is 4.90 Å². The maximum Gasteiger partial charge on any atom is 0.243 e. The summed E-state index contributed by atoms with van der Waals surface area (Å²) in [6.45, 7) is 8.00. The molecule has 5 heterocycles. The summed E-state index contributed by atoms with van der Waals surface area (Å²) in [5, 5.41) is 1.32. The van der Waals surface area contributed by atoms with Crippen LogP contribution in [-0.4, -0.2) is 69.5 Å². The summed E-state index contributed by atoms with van der Waals surface area (Å²) in [5.74, 6) is 2.44. The first-order valence-corrected chi connectivity index (χ1v) is 12.1. The Morgan fingerprint density at radius 3 is 2.60 bits per heavy atom. The van der Waals surface area contributed by atoms with Gasteiger partial charge in [-0.2, -0.15) is 0 Å². The summed E-state index contributed by atoms with van der Waals surface area (Å²) in [7, 11) is 2.28. The first-order valence-electron chi connectivity index (χ1n) is 11.3. The minimum atomic E-state index is 0.799. The lowest BCUT2D eigenvalue weighted by Crippen LogP contribution is -3.12. The Hall–Kier alpha value is -2.03. The lowest BCUT2D eigenvalue weighted by Gasteiger charge is -2.31. The van der Waals surface area contributed by atoms with E-state index in [1.165, 1.54) is 58.8 Å². The van der Waals surface area contributed by atoms with Crippen molar-refractivity contribution in [2.24, 2.45) is 0 Å². The van der Waals surface area contributed by atoms with Crippen LogP contribution in [0.3, 0.4) is 0 Å². The Bertz CT molecular complexity index is 1080. The monoisotopic (exact) mass is 426 g/mol. The molecule has 0 spiro atoms. The minimum absolute atomic E-state index is 0.799. The molecule has 8 heteroatoms. The molecule has 6 rings (SSSR count). The number of hydrogen-bond acceptors (Lipinski definition) is 6. The highest BCUT2D eigenvalue weighted by atomic mass is 32.1. The molecule has 2 fully saturated rings. The number of aromatic nitrogens is 3. The zero-order valence-electron chi connectivity index (χ0n) is 17.7. The van der Waals surface area contributed by atoms with Gasteiger partial charge in [-0.15, -0.1) is 16.3 Å².